The number of hydrogen-bond donors (Lipinski definition) is 1. The first-order valence-corrected chi connectivity index (χ1v) is 7.55. The molecule has 19 heavy (non-hydrogen) atoms. The summed E-state index contributed by atoms with van der Waals surface area (Å²) < 4.78 is 0. The van der Waals surface area contributed by atoms with Crippen molar-refractivity contribution in [2.75, 3.05) is 18.0 Å². The van der Waals surface area contributed by atoms with Crippen LogP contribution in [0.25, 0.3) is 0 Å². The average molecular weight is 261 g/mol. The van der Waals surface area contributed by atoms with Crippen LogP contribution in [-0.2, 0) is 0 Å². The second-order valence-corrected chi connectivity index (χ2v) is 5.86. The summed E-state index contributed by atoms with van der Waals surface area (Å²) in [5.41, 5.74) is 2.51. The molecule has 1 aliphatic heterocycles. The minimum absolute atomic E-state index is 0.562. The Bertz CT molecular complexity index is 405. The first-order valence-electron chi connectivity index (χ1n) is 7.55. The van der Waals surface area contributed by atoms with Gasteiger partial charge in [0.2, 0.25) is 0 Å². The molecule has 1 aromatic heterocycles. The number of nitrogens with one attached hydrogen (secondary N) is 1. The molecule has 1 fully saturated rings. The van der Waals surface area contributed by atoms with Gasteiger partial charge >= 0.3 is 0 Å². The van der Waals surface area contributed by atoms with Gasteiger partial charge < -0.3 is 10.2 Å². The van der Waals surface area contributed by atoms with Crippen LogP contribution in [0.3, 0.4) is 0 Å². The number of anilines is 1. The molecular weight excluding hydrogens is 234 g/mol. The monoisotopic (exact) mass is 261 g/mol. The maximum atomic E-state index is 4.33. The van der Waals surface area contributed by atoms with Crippen LogP contribution in [0.4, 0.5) is 5.69 Å². The van der Waals surface area contributed by atoms with Crippen molar-refractivity contribution in [2.24, 2.45) is 5.92 Å². The highest BCUT2D eigenvalue weighted by atomic mass is 15.2. The number of aryl methyl sites for hydroxylation is 1. The zero-order chi connectivity index (χ0) is 13.8. The number of pyridine rings is 1. The molecule has 1 saturated heterocycles. The lowest BCUT2D eigenvalue weighted by atomic mass is 9.86. The van der Waals surface area contributed by atoms with Crippen molar-refractivity contribution in [1.82, 2.24) is 10.3 Å². The summed E-state index contributed by atoms with van der Waals surface area (Å²) in [4.78, 5) is 6.84. The van der Waals surface area contributed by atoms with E-state index in [1.54, 1.807) is 0 Å². The van der Waals surface area contributed by atoms with Gasteiger partial charge in [-0.3, -0.25) is 4.98 Å². The normalized spacial score (nSPS) is 27.6. The lowest BCUT2D eigenvalue weighted by Gasteiger charge is -2.44. The molecule has 1 aromatic rings. The van der Waals surface area contributed by atoms with Crippen molar-refractivity contribution < 1.29 is 0 Å². The first-order chi connectivity index (χ1) is 9.13. The van der Waals surface area contributed by atoms with E-state index < -0.39 is 0 Å². The van der Waals surface area contributed by atoms with Gasteiger partial charge in [-0.15, -0.1) is 0 Å². The van der Waals surface area contributed by atoms with E-state index in [2.05, 4.69) is 49.0 Å². The van der Waals surface area contributed by atoms with Gasteiger partial charge in [-0.05, 0) is 50.8 Å². The van der Waals surface area contributed by atoms with Crippen molar-refractivity contribution in [1.29, 1.82) is 0 Å². The Labute approximate surface area is 117 Å². The van der Waals surface area contributed by atoms with Crippen LogP contribution >= 0.6 is 0 Å². The van der Waals surface area contributed by atoms with E-state index in [1.165, 1.54) is 24.1 Å². The van der Waals surface area contributed by atoms with Crippen molar-refractivity contribution >= 4 is 5.69 Å². The molecule has 3 nitrogen and oxygen atoms in total. The van der Waals surface area contributed by atoms with Crippen LogP contribution in [0, 0.1) is 12.8 Å². The van der Waals surface area contributed by atoms with Gasteiger partial charge in [-0.25, -0.2) is 0 Å². The Morgan fingerprint density at radius 2 is 2.16 bits per heavy atom. The minimum atomic E-state index is 0.562. The average Bonchev–Trinajstić information content (AvgIpc) is 2.40. The second-order valence-electron chi connectivity index (χ2n) is 5.86. The number of nitrogens with zero attached hydrogens (tertiary/aromatic N) is 2. The molecule has 1 aliphatic rings. The van der Waals surface area contributed by atoms with E-state index in [9.17, 15) is 0 Å². The van der Waals surface area contributed by atoms with Crippen LogP contribution in [0.15, 0.2) is 18.5 Å². The van der Waals surface area contributed by atoms with E-state index in [0.29, 0.717) is 18.0 Å². The third kappa shape index (κ3) is 3.27. The second kappa shape index (κ2) is 6.38. The zero-order valence-electron chi connectivity index (χ0n) is 12.7. The summed E-state index contributed by atoms with van der Waals surface area (Å²) in [6.07, 6.45) is 6.35. The summed E-state index contributed by atoms with van der Waals surface area (Å²) in [6, 6.07) is 3.46. The summed E-state index contributed by atoms with van der Waals surface area (Å²) in [6.45, 7) is 11.3. The number of aromatic nitrogens is 1. The molecule has 1 N–H and O–H groups in total. The highest BCUT2D eigenvalue weighted by molar-refractivity contribution is 5.47. The van der Waals surface area contributed by atoms with E-state index in [1.807, 2.05) is 12.4 Å². The van der Waals surface area contributed by atoms with Crippen molar-refractivity contribution in [3.05, 3.63) is 24.0 Å². The Morgan fingerprint density at radius 3 is 2.84 bits per heavy atom. The van der Waals surface area contributed by atoms with E-state index >= 15 is 0 Å². The lowest BCUT2D eigenvalue weighted by Crippen LogP contribution is -2.53. The van der Waals surface area contributed by atoms with E-state index in [-0.39, 0.29) is 0 Å². The van der Waals surface area contributed by atoms with Crippen LogP contribution in [0.2, 0.25) is 0 Å². The number of piperidine rings is 1. The molecule has 0 bridgehead atoms. The molecule has 0 saturated carbocycles. The molecular formula is C16H27N3. The molecule has 3 atom stereocenters. The van der Waals surface area contributed by atoms with Gasteiger partial charge in [0.1, 0.15) is 0 Å². The van der Waals surface area contributed by atoms with Gasteiger partial charge in [0.15, 0.2) is 0 Å². The molecule has 0 spiro atoms. The fourth-order valence-electron chi connectivity index (χ4n) is 3.04. The fraction of sp³-hybridized carbons (Fsp3) is 0.688. The molecule has 0 radical (unpaired) electrons. The first kappa shape index (κ1) is 14.3. The topological polar surface area (TPSA) is 28.2 Å². The van der Waals surface area contributed by atoms with Crippen LogP contribution in [0.1, 0.15) is 39.2 Å². The third-order valence-electron chi connectivity index (χ3n) is 4.42. The zero-order valence-corrected chi connectivity index (χ0v) is 12.7. The van der Waals surface area contributed by atoms with Gasteiger partial charge in [-0.1, -0.05) is 13.8 Å². The molecule has 0 aliphatic carbocycles. The molecule has 106 valence electrons. The third-order valence-corrected chi connectivity index (χ3v) is 4.42. The van der Waals surface area contributed by atoms with Crippen LogP contribution < -0.4 is 10.2 Å². The Balaban J connectivity index is 2.06. The van der Waals surface area contributed by atoms with E-state index in [4.69, 9.17) is 0 Å². The molecule has 0 aromatic carbocycles. The van der Waals surface area contributed by atoms with E-state index in [0.717, 1.165) is 13.1 Å². The van der Waals surface area contributed by atoms with Crippen molar-refractivity contribution in [2.45, 2.75) is 52.6 Å². The highest BCUT2D eigenvalue weighted by Gasteiger charge is 2.32. The highest BCUT2D eigenvalue weighted by Crippen LogP contribution is 2.28. The molecule has 2 rings (SSSR count). The fourth-order valence-corrected chi connectivity index (χ4v) is 3.04. The van der Waals surface area contributed by atoms with Gasteiger partial charge in [0.25, 0.3) is 0 Å². The Morgan fingerprint density at radius 1 is 1.37 bits per heavy atom. The van der Waals surface area contributed by atoms with Crippen LogP contribution in [-0.4, -0.2) is 30.2 Å². The van der Waals surface area contributed by atoms with Gasteiger partial charge in [0.05, 0.1) is 11.9 Å². The Hall–Kier alpha value is -1.09. The maximum absolute atomic E-state index is 4.33. The quantitative estimate of drug-likeness (QED) is 0.903. The molecule has 3 heteroatoms. The van der Waals surface area contributed by atoms with Crippen molar-refractivity contribution in [3.8, 4) is 0 Å². The van der Waals surface area contributed by atoms with Gasteiger partial charge in [-0.2, -0.15) is 0 Å². The molecule has 3 unspecified atom stereocenters. The lowest BCUT2D eigenvalue weighted by molar-refractivity contribution is 0.271. The summed E-state index contributed by atoms with van der Waals surface area (Å²) >= 11 is 0. The number of hydrogen-bond acceptors (Lipinski definition) is 3. The Kier molecular flexibility index (Phi) is 4.81. The molecule has 0 amide bonds. The van der Waals surface area contributed by atoms with Gasteiger partial charge in [0, 0.05) is 24.8 Å². The standard InChI is InChI=1S/C16H27N3/c1-5-7-18-16-6-8-19(14(4)13(16)3)15-9-12(2)10-17-11-15/h9-11,13-14,16,18H,5-8H2,1-4H3. The summed E-state index contributed by atoms with van der Waals surface area (Å²) in [7, 11) is 0. The number of rotatable bonds is 4. The SMILES string of the molecule is CCCNC1CCN(c2cncc(C)c2)C(C)C1C. The molecule has 2 heterocycles. The summed E-state index contributed by atoms with van der Waals surface area (Å²) in [5, 5.41) is 3.69. The minimum Gasteiger partial charge on any atom is -0.367 e. The largest absolute Gasteiger partial charge is 0.367 e. The maximum Gasteiger partial charge on any atom is 0.0557 e. The smallest absolute Gasteiger partial charge is 0.0557 e. The predicted octanol–water partition coefficient (Wildman–Crippen LogP) is 2.99. The van der Waals surface area contributed by atoms with Crippen molar-refractivity contribution in [3.63, 3.8) is 0 Å². The van der Waals surface area contributed by atoms with Crippen LogP contribution in [0.5, 0.6) is 0 Å². The summed E-state index contributed by atoms with van der Waals surface area (Å²) in [5.74, 6) is 0.667. The predicted molar refractivity (Wildman–Crippen MR) is 81.6 cm³/mol.